The maximum Gasteiger partial charge on any atom is 0.319 e. The van der Waals surface area contributed by atoms with E-state index in [-0.39, 0.29) is 6.54 Å². The molecule has 0 aliphatic heterocycles. The van der Waals surface area contributed by atoms with E-state index in [9.17, 15) is 9.59 Å². The Bertz CT molecular complexity index is 443. The van der Waals surface area contributed by atoms with Crippen molar-refractivity contribution in [1.29, 1.82) is 0 Å². The van der Waals surface area contributed by atoms with Gasteiger partial charge in [-0.15, -0.1) is 0 Å². The highest BCUT2D eigenvalue weighted by Gasteiger charge is 2.27. The van der Waals surface area contributed by atoms with Crippen LogP contribution in [0.2, 0.25) is 0 Å². The van der Waals surface area contributed by atoms with Crippen LogP contribution in [0, 0.1) is 8.99 Å². The molecule has 0 heterocycles. The molecular formula is C12H15IN2O3. The number of hydrogen-bond acceptors (Lipinski definition) is 2. The second-order valence-corrected chi connectivity index (χ2v) is 5.75. The highest BCUT2D eigenvalue weighted by molar-refractivity contribution is 14.1. The molecular weight excluding hydrogens is 347 g/mol. The minimum Gasteiger partial charge on any atom is -0.481 e. The van der Waals surface area contributed by atoms with Crippen LogP contribution >= 0.6 is 22.6 Å². The molecule has 0 aliphatic rings. The zero-order chi connectivity index (χ0) is 13.8. The summed E-state index contributed by atoms with van der Waals surface area (Å²) >= 11 is 2.17. The number of hydrogen-bond donors (Lipinski definition) is 3. The smallest absolute Gasteiger partial charge is 0.319 e. The first-order valence-corrected chi connectivity index (χ1v) is 6.43. The number of nitrogens with one attached hydrogen (secondary N) is 2. The summed E-state index contributed by atoms with van der Waals surface area (Å²) in [5, 5.41) is 14.1. The van der Waals surface area contributed by atoms with Gasteiger partial charge >= 0.3 is 12.0 Å². The fourth-order valence-corrected chi connectivity index (χ4v) is 1.44. The van der Waals surface area contributed by atoms with E-state index in [0.29, 0.717) is 5.69 Å². The third-order valence-corrected chi connectivity index (χ3v) is 3.09. The van der Waals surface area contributed by atoms with Gasteiger partial charge in [-0.1, -0.05) is 0 Å². The topological polar surface area (TPSA) is 78.4 Å². The Kier molecular flexibility index (Phi) is 4.94. The Labute approximate surface area is 119 Å². The van der Waals surface area contributed by atoms with Gasteiger partial charge in [0.2, 0.25) is 0 Å². The van der Waals surface area contributed by atoms with E-state index in [2.05, 4.69) is 33.2 Å². The Morgan fingerprint density at radius 3 is 2.33 bits per heavy atom. The van der Waals surface area contributed by atoms with Crippen LogP contribution in [-0.4, -0.2) is 23.7 Å². The first kappa shape index (κ1) is 14.7. The Balaban J connectivity index is 2.48. The highest BCUT2D eigenvalue weighted by atomic mass is 127. The maximum absolute atomic E-state index is 11.5. The lowest BCUT2D eigenvalue weighted by Crippen LogP contribution is -2.40. The van der Waals surface area contributed by atoms with Crippen molar-refractivity contribution in [3.63, 3.8) is 0 Å². The molecule has 98 valence electrons. The molecule has 0 saturated carbocycles. The minimum atomic E-state index is -0.983. The van der Waals surface area contributed by atoms with Crippen LogP contribution in [0.5, 0.6) is 0 Å². The largest absolute Gasteiger partial charge is 0.481 e. The summed E-state index contributed by atoms with van der Waals surface area (Å²) < 4.78 is 1.07. The van der Waals surface area contributed by atoms with E-state index in [1.54, 1.807) is 26.0 Å². The third kappa shape index (κ3) is 4.52. The van der Waals surface area contributed by atoms with Gasteiger partial charge in [0.1, 0.15) is 0 Å². The van der Waals surface area contributed by atoms with Crippen molar-refractivity contribution in [2.45, 2.75) is 13.8 Å². The average Bonchev–Trinajstić information content (AvgIpc) is 2.29. The highest BCUT2D eigenvalue weighted by Crippen LogP contribution is 2.14. The van der Waals surface area contributed by atoms with Crippen LogP contribution in [-0.2, 0) is 4.79 Å². The van der Waals surface area contributed by atoms with Crippen LogP contribution < -0.4 is 10.6 Å². The number of carboxylic acid groups (broad SMARTS) is 1. The van der Waals surface area contributed by atoms with Gasteiger partial charge in [-0.3, -0.25) is 4.79 Å². The van der Waals surface area contributed by atoms with Crippen LogP contribution in [0.15, 0.2) is 24.3 Å². The van der Waals surface area contributed by atoms with Crippen molar-refractivity contribution in [2.24, 2.45) is 5.41 Å². The van der Waals surface area contributed by atoms with Crippen molar-refractivity contribution in [1.82, 2.24) is 5.32 Å². The van der Waals surface area contributed by atoms with Crippen molar-refractivity contribution in [2.75, 3.05) is 11.9 Å². The quantitative estimate of drug-likeness (QED) is 0.721. The van der Waals surface area contributed by atoms with E-state index in [1.807, 2.05) is 12.1 Å². The third-order valence-electron chi connectivity index (χ3n) is 2.37. The number of carboxylic acids is 1. The predicted octanol–water partition coefficient (Wildman–Crippen LogP) is 2.52. The number of halogens is 1. The molecule has 18 heavy (non-hydrogen) atoms. The molecule has 0 spiro atoms. The van der Waals surface area contributed by atoms with Gasteiger partial charge in [-0.05, 0) is 60.7 Å². The molecule has 0 atom stereocenters. The summed E-state index contributed by atoms with van der Waals surface area (Å²) in [6, 6.07) is 6.90. The summed E-state index contributed by atoms with van der Waals surface area (Å²) in [5.74, 6) is -0.947. The number of carbonyl (C=O) groups is 2. The first-order chi connectivity index (χ1) is 8.31. The van der Waals surface area contributed by atoms with Crippen molar-refractivity contribution >= 4 is 40.3 Å². The van der Waals surface area contributed by atoms with Crippen molar-refractivity contribution < 1.29 is 14.7 Å². The van der Waals surface area contributed by atoms with Gasteiger partial charge in [0.15, 0.2) is 0 Å². The molecule has 3 N–H and O–H groups in total. The second kappa shape index (κ2) is 6.03. The summed E-state index contributed by atoms with van der Waals surface area (Å²) in [6.07, 6.45) is 0. The SMILES string of the molecule is CC(C)(CNC(=O)Nc1ccc(I)cc1)C(=O)O. The summed E-state index contributed by atoms with van der Waals surface area (Å²) in [7, 11) is 0. The Morgan fingerprint density at radius 1 is 1.28 bits per heavy atom. The van der Waals surface area contributed by atoms with Crippen LogP contribution in [0.1, 0.15) is 13.8 Å². The predicted molar refractivity (Wildman–Crippen MR) is 77.6 cm³/mol. The number of benzene rings is 1. The Hall–Kier alpha value is -1.31. The molecule has 0 aliphatic carbocycles. The average molecular weight is 362 g/mol. The summed E-state index contributed by atoms with van der Waals surface area (Å²) in [5.41, 5.74) is -0.315. The van der Waals surface area contributed by atoms with Crippen molar-refractivity contribution in [3.05, 3.63) is 27.8 Å². The second-order valence-electron chi connectivity index (χ2n) is 4.50. The van der Waals surface area contributed by atoms with Crippen LogP contribution in [0.25, 0.3) is 0 Å². The van der Waals surface area contributed by atoms with Gasteiger partial charge in [0, 0.05) is 15.8 Å². The van der Waals surface area contributed by atoms with E-state index < -0.39 is 17.4 Å². The van der Waals surface area contributed by atoms with Gasteiger partial charge in [-0.2, -0.15) is 0 Å². The van der Waals surface area contributed by atoms with E-state index in [4.69, 9.17) is 5.11 Å². The van der Waals surface area contributed by atoms with Gasteiger partial charge in [0.05, 0.1) is 5.41 Å². The fraction of sp³-hybridized carbons (Fsp3) is 0.333. The lowest BCUT2D eigenvalue weighted by atomic mass is 9.94. The zero-order valence-corrected chi connectivity index (χ0v) is 12.3. The number of anilines is 1. The molecule has 1 rings (SSSR count). The number of aliphatic carboxylic acids is 1. The molecule has 6 heteroatoms. The summed E-state index contributed by atoms with van der Waals surface area (Å²) in [6.45, 7) is 3.18. The van der Waals surface area contributed by atoms with Gasteiger partial charge in [-0.25, -0.2) is 4.79 Å². The number of urea groups is 1. The normalized spacial score (nSPS) is 10.8. The molecule has 0 fully saturated rings. The minimum absolute atomic E-state index is 0.0680. The van der Waals surface area contributed by atoms with E-state index in [0.717, 1.165) is 3.57 Å². The van der Waals surface area contributed by atoms with E-state index >= 15 is 0 Å². The molecule has 5 nitrogen and oxygen atoms in total. The number of rotatable bonds is 4. The molecule has 0 radical (unpaired) electrons. The Morgan fingerprint density at radius 2 is 1.83 bits per heavy atom. The first-order valence-electron chi connectivity index (χ1n) is 5.35. The molecule has 1 aromatic carbocycles. The van der Waals surface area contributed by atoms with Gasteiger partial charge in [0.25, 0.3) is 0 Å². The van der Waals surface area contributed by atoms with Crippen LogP contribution in [0.4, 0.5) is 10.5 Å². The van der Waals surface area contributed by atoms with Crippen molar-refractivity contribution in [3.8, 4) is 0 Å². The number of carbonyl (C=O) groups excluding carboxylic acids is 1. The lowest BCUT2D eigenvalue weighted by molar-refractivity contribution is -0.146. The fourth-order valence-electron chi connectivity index (χ4n) is 1.09. The zero-order valence-electron chi connectivity index (χ0n) is 10.2. The number of amides is 2. The maximum atomic E-state index is 11.5. The lowest BCUT2D eigenvalue weighted by Gasteiger charge is -2.19. The van der Waals surface area contributed by atoms with Crippen LogP contribution in [0.3, 0.4) is 0 Å². The van der Waals surface area contributed by atoms with Gasteiger partial charge < -0.3 is 15.7 Å². The standard InChI is InChI=1S/C12H15IN2O3/c1-12(2,10(16)17)7-14-11(18)15-9-5-3-8(13)4-6-9/h3-6H,7H2,1-2H3,(H,16,17)(H2,14,15,18). The molecule has 0 unspecified atom stereocenters. The molecule has 1 aromatic rings. The molecule has 0 bridgehead atoms. The monoisotopic (exact) mass is 362 g/mol. The molecule has 2 amide bonds. The van der Waals surface area contributed by atoms with E-state index in [1.165, 1.54) is 0 Å². The summed E-state index contributed by atoms with van der Waals surface area (Å²) in [4.78, 5) is 22.4. The molecule has 0 aromatic heterocycles. The molecule has 0 saturated heterocycles.